The van der Waals surface area contributed by atoms with Gasteiger partial charge in [-0.25, -0.2) is 4.98 Å². The van der Waals surface area contributed by atoms with E-state index < -0.39 is 0 Å². The molecule has 19 heavy (non-hydrogen) atoms. The van der Waals surface area contributed by atoms with Crippen molar-refractivity contribution in [2.45, 2.75) is 13.8 Å². The van der Waals surface area contributed by atoms with E-state index in [2.05, 4.69) is 4.98 Å². The monoisotopic (exact) mass is 271 g/mol. The van der Waals surface area contributed by atoms with Crippen LogP contribution in [0.5, 0.6) is 11.6 Å². The van der Waals surface area contributed by atoms with Gasteiger partial charge in [0.15, 0.2) is 18.8 Å². The van der Waals surface area contributed by atoms with Gasteiger partial charge in [-0.2, -0.15) is 0 Å². The van der Waals surface area contributed by atoms with Gasteiger partial charge in [0.05, 0.1) is 18.4 Å². The van der Waals surface area contributed by atoms with Crippen LogP contribution in [0.15, 0.2) is 12.3 Å². The molecule has 0 spiro atoms. The van der Waals surface area contributed by atoms with Crippen molar-refractivity contribution < 1.29 is 23.7 Å². The summed E-state index contributed by atoms with van der Waals surface area (Å²) >= 11 is 0. The molecule has 0 aliphatic rings. The molecule has 1 aromatic heterocycles. The normalized spacial score (nSPS) is 9.26. The fourth-order valence-electron chi connectivity index (χ4n) is 1.08. The number of methoxy groups -OCH3 is 2. The molecule has 0 aliphatic heterocycles. The molecule has 6 heteroatoms. The smallest absolute Gasteiger partial charge is 0.214 e. The van der Waals surface area contributed by atoms with Crippen LogP contribution >= 0.6 is 0 Å². The van der Waals surface area contributed by atoms with Crippen molar-refractivity contribution in [1.29, 1.82) is 0 Å². The van der Waals surface area contributed by atoms with Crippen molar-refractivity contribution in [3.05, 3.63) is 17.8 Å². The van der Waals surface area contributed by atoms with Gasteiger partial charge in [0.2, 0.25) is 5.88 Å². The molecule has 0 unspecified atom stereocenters. The van der Waals surface area contributed by atoms with Gasteiger partial charge in [0, 0.05) is 20.3 Å². The maximum atomic E-state index is 10.8. The standard InChI is InChI=1S/C11H15NO5.C2H6/c1-14-3-4-16-11-5-9(7-13)10(6-12-11)17-8-15-2;1-2/h5-7H,3-4,8H2,1-2H3;1-2H3. The largest absolute Gasteiger partial charge is 0.475 e. The summed E-state index contributed by atoms with van der Waals surface area (Å²) in [7, 11) is 3.07. The molecular weight excluding hydrogens is 250 g/mol. The van der Waals surface area contributed by atoms with E-state index in [1.807, 2.05) is 13.8 Å². The summed E-state index contributed by atoms with van der Waals surface area (Å²) in [6.45, 7) is 4.90. The van der Waals surface area contributed by atoms with E-state index in [-0.39, 0.29) is 6.79 Å². The summed E-state index contributed by atoms with van der Waals surface area (Å²) in [5.41, 5.74) is 0.365. The number of hydrogen-bond acceptors (Lipinski definition) is 6. The number of hydrogen-bond donors (Lipinski definition) is 0. The minimum absolute atomic E-state index is 0.0619. The first-order chi connectivity index (χ1) is 9.31. The minimum Gasteiger partial charge on any atom is -0.475 e. The molecule has 0 aromatic carbocycles. The molecule has 6 nitrogen and oxygen atoms in total. The van der Waals surface area contributed by atoms with Crippen LogP contribution in [0, 0.1) is 0 Å². The van der Waals surface area contributed by atoms with Crippen LogP contribution in [0.2, 0.25) is 0 Å². The predicted molar refractivity (Wildman–Crippen MR) is 70.8 cm³/mol. The zero-order chi connectivity index (χ0) is 14.5. The van der Waals surface area contributed by atoms with E-state index in [0.717, 1.165) is 0 Å². The number of nitrogens with zero attached hydrogens (tertiary/aromatic N) is 1. The van der Waals surface area contributed by atoms with E-state index >= 15 is 0 Å². The molecule has 0 fully saturated rings. The third-order valence-electron chi connectivity index (χ3n) is 1.87. The molecule has 0 radical (unpaired) electrons. The summed E-state index contributed by atoms with van der Waals surface area (Å²) < 4.78 is 20.0. The van der Waals surface area contributed by atoms with Crippen molar-refractivity contribution >= 4 is 6.29 Å². The SMILES string of the molecule is CC.COCCOc1cc(C=O)c(OCOC)cn1. The first kappa shape index (κ1) is 17.3. The Morgan fingerprint density at radius 1 is 1.16 bits per heavy atom. The summed E-state index contributed by atoms with van der Waals surface area (Å²) in [6.07, 6.45) is 2.10. The Bertz CT molecular complexity index is 357. The zero-order valence-electron chi connectivity index (χ0n) is 11.8. The van der Waals surface area contributed by atoms with Crippen LogP contribution in [0.25, 0.3) is 0 Å². The van der Waals surface area contributed by atoms with E-state index in [4.69, 9.17) is 18.9 Å². The van der Waals surface area contributed by atoms with Crippen molar-refractivity contribution in [2.75, 3.05) is 34.2 Å². The second-order valence-corrected chi connectivity index (χ2v) is 3.07. The maximum absolute atomic E-state index is 10.8. The molecular formula is C13H21NO5. The van der Waals surface area contributed by atoms with E-state index in [1.165, 1.54) is 19.4 Å². The van der Waals surface area contributed by atoms with Gasteiger partial charge in [-0.1, -0.05) is 13.8 Å². The van der Waals surface area contributed by atoms with Crippen LogP contribution in [-0.4, -0.2) is 45.5 Å². The Balaban J connectivity index is 0.00000154. The second kappa shape index (κ2) is 11.4. The molecule has 1 aromatic rings. The lowest BCUT2D eigenvalue weighted by Crippen LogP contribution is -2.07. The number of aldehydes is 1. The number of carbonyl (C=O) groups excluding carboxylic acids is 1. The van der Waals surface area contributed by atoms with Gasteiger partial charge in [-0.15, -0.1) is 0 Å². The van der Waals surface area contributed by atoms with Crippen LogP contribution in [0.1, 0.15) is 24.2 Å². The summed E-state index contributed by atoms with van der Waals surface area (Å²) in [5, 5.41) is 0. The van der Waals surface area contributed by atoms with Gasteiger partial charge in [-0.05, 0) is 0 Å². The molecule has 0 saturated carbocycles. The molecule has 0 N–H and O–H groups in total. The van der Waals surface area contributed by atoms with Crippen molar-refractivity contribution in [2.24, 2.45) is 0 Å². The number of carbonyl (C=O) groups is 1. The fraction of sp³-hybridized carbons (Fsp3) is 0.538. The topological polar surface area (TPSA) is 66.9 Å². The van der Waals surface area contributed by atoms with Crippen LogP contribution < -0.4 is 9.47 Å². The maximum Gasteiger partial charge on any atom is 0.214 e. The predicted octanol–water partition coefficient (Wildman–Crippen LogP) is 1.93. The Morgan fingerprint density at radius 3 is 2.47 bits per heavy atom. The highest BCUT2D eigenvalue weighted by molar-refractivity contribution is 5.79. The number of ether oxygens (including phenoxy) is 4. The first-order valence-corrected chi connectivity index (χ1v) is 6.00. The van der Waals surface area contributed by atoms with Crippen molar-refractivity contribution in [3.63, 3.8) is 0 Å². The average molecular weight is 271 g/mol. The summed E-state index contributed by atoms with van der Waals surface area (Å²) in [4.78, 5) is 14.8. The highest BCUT2D eigenvalue weighted by Crippen LogP contribution is 2.19. The first-order valence-electron chi connectivity index (χ1n) is 6.00. The Kier molecular flexibility index (Phi) is 10.4. The average Bonchev–Trinajstić information content (AvgIpc) is 2.48. The molecule has 0 bridgehead atoms. The second-order valence-electron chi connectivity index (χ2n) is 3.07. The zero-order valence-corrected chi connectivity index (χ0v) is 11.8. The van der Waals surface area contributed by atoms with Crippen LogP contribution in [0.4, 0.5) is 0 Å². The highest BCUT2D eigenvalue weighted by atomic mass is 16.7. The molecule has 0 aliphatic carbocycles. The quantitative estimate of drug-likeness (QED) is 0.409. The fourth-order valence-corrected chi connectivity index (χ4v) is 1.08. The van der Waals surface area contributed by atoms with Crippen LogP contribution in [0.3, 0.4) is 0 Å². The van der Waals surface area contributed by atoms with E-state index in [0.29, 0.717) is 36.7 Å². The molecule has 0 atom stereocenters. The van der Waals surface area contributed by atoms with E-state index in [1.54, 1.807) is 7.11 Å². The van der Waals surface area contributed by atoms with Gasteiger partial charge < -0.3 is 18.9 Å². The summed E-state index contributed by atoms with van der Waals surface area (Å²) in [6, 6.07) is 1.51. The van der Waals surface area contributed by atoms with Gasteiger partial charge in [0.1, 0.15) is 6.61 Å². The lowest BCUT2D eigenvalue weighted by Gasteiger charge is -2.09. The van der Waals surface area contributed by atoms with Gasteiger partial charge in [-0.3, -0.25) is 4.79 Å². The Labute approximate surface area is 113 Å². The molecule has 0 saturated heterocycles. The molecule has 1 heterocycles. The number of aromatic nitrogens is 1. The van der Waals surface area contributed by atoms with Crippen molar-refractivity contribution in [1.82, 2.24) is 4.98 Å². The lowest BCUT2D eigenvalue weighted by atomic mass is 10.3. The highest BCUT2D eigenvalue weighted by Gasteiger charge is 2.06. The lowest BCUT2D eigenvalue weighted by molar-refractivity contribution is 0.0501. The Morgan fingerprint density at radius 2 is 1.89 bits per heavy atom. The molecule has 108 valence electrons. The summed E-state index contributed by atoms with van der Waals surface area (Å²) in [5.74, 6) is 0.717. The van der Waals surface area contributed by atoms with Gasteiger partial charge in [0.25, 0.3) is 0 Å². The van der Waals surface area contributed by atoms with Crippen molar-refractivity contribution in [3.8, 4) is 11.6 Å². The molecule has 1 rings (SSSR count). The van der Waals surface area contributed by atoms with Crippen LogP contribution in [-0.2, 0) is 9.47 Å². The van der Waals surface area contributed by atoms with E-state index in [9.17, 15) is 4.79 Å². The third-order valence-corrected chi connectivity index (χ3v) is 1.87. The third kappa shape index (κ3) is 6.73. The van der Waals surface area contributed by atoms with Gasteiger partial charge >= 0.3 is 0 Å². The minimum atomic E-state index is 0.0619. The molecule has 0 amide bonds. The number of rotatable bonds is 8. The number of pyridine rings is 1. The Hall–Kier alpha value is -1.66.